The molecule has 20 heavy (non-hydrogen) atoms. The van der Waals surface area contributed by atoms with Crippen LogP contribution in [0.1, 0.15) is 37.4 Å². The molecular weight excluding hydrogens is 270 g/mol. The Balaban J connectivity index is 2.70. The van der Waals surface area contributed by atoms with Crippen molar-refractivity contribution in [3.05, 3.63) is 35.4 Å². The Morgan fingerprint density at radius 3 is 2.45 bits per heavy atom. The van der Waals surface area contributed by atoms with Gasteiger partial charge in [-0.1, -0.05) is 31.2 Å². The summed E-state index contributed by atoms with van der Waals surface area (Å²) >= 11 is 0. The summed E-state index contributed by atoms with van der Waals surface area (Å²) in [5, 5.41) is 3.39. The van der Waals surface area contributed by atoms with E-state index >= 15 is 0 Å². The first-order chi connectivity index (χ1) is 9.63. The number of rotatable bonds is 9. The van der Waals surface area contributed by atoms with Gasteiger partial charge in [0.15, 0.2) is 0 Å². The molecule has 0 spiro atoms. The summed E-state index contributed by atoms with van der Waals surface area (Å²) in [6, 6.07) is 8.72. The van der Waals surface area contributed by atoms with Gasteiger partial charge in [0.2, 0.25) is 0 Å². The Kier molecular flexibility index (Phi) is 8.04. The molecule has 0 radical (unpaired) electrons. The minimum atomic E-state index is -0.846. The van der Waals surface area contributed by atoms with E-state index in [2.05, 4.69) is 43.4 Å². The van der Waals surface area contributed by atoms with Gasteiger partial charge >= 0.3 is 0 Å². The average Bonchev–Trinajstić information content (AvgIpc) is 2.48. The summed E-state index contributed by atoms with van der Waals surface area (Å²) in [6.07, 6.45) is 1.89. The van der Waals surface area contributed by atoms with Crippen molar-refractivity contribution in [2.24, 2.45) is 0 Å². The van der Waals surface area contributed by atoms with Gasteiger partial charge < -0.3 is 10.1 Å². The lowest BCUT2D eigenvalue weighted by Gasteiger charge is -2.23. The van der Waals surface area contributed by atoms with Crippen LogP contribution >= 0.6 is 0 Å². The van der Waals surface area contributed by atoms with E-state index in [0.29, 0.717) is 12.4 Å². The van der Waals surface area contributed by atoms with Gasteiger partial charge in [0.1, 0.15) is 0 Å². The maximum atomic E-state index is 12.3. The van der Waals surface area contributed by atoms with Gasteiger partial charge in [-0.3, -0.25) is 4.21 Å². The average molecular weight is 297 g/mol. The van der Waals surface area contributed by atoms with Crippen LogP contribution < -0.4 is 5.32 Å². The quantitative estimate of drug-likeness (QED) is 0.712. The third-order valence-electron chi connectivity index (χ3n) is 3.64. The lowest BCUT2D eigenvalue weighted by atomic mass is 10.0. The van der Waals surface area contributed by atoms with Gasteiger partial charge in [-0.15, -0.1) is 0 Å². The molecule has 0 saturated carbocycles. The molecule has 3 nitrogen and oxygen atoms in total. The van der Waals surface area contributed by atoms with Crippen molar-refractivity contribution in [1.29, 1.82) is 0 Å². The smallest absolute Gasteiger partial charge is 0.0514 e. The minimum Gasteiger partial charge on any atom is -0.385 e. The Bertz CT molecular complexity index is 405. The minimum absolute atomic E-state index is 0.0873. The summed E-state index contributed by atoms with van der Waals surface area (Å²) in [4.78, 5) is 0. The van der Waals surface area contributed by atoms with Gasteiger partial charge in [-0.2, -0.15) is 0 Å². The van der Waals surface area contributed by atoms with Crippen LogP contribution in [0.2, 0.25) is 0 Å². The number of methoxy groups -OCH3 is 1. The van der Waals surface area contributed by atoms with Gasteiger partial charge in [-0.05, 0) is 37.9 Å². The zero-order chi connectivity index (χ0) is 15.0. The Morgan fingerprint density at radius 1 is 1.30 bits per heavy atom. The van der Waals surface area contributed by atoms with Crippen LogP contribution in [0.5, 0.6) is 0 Å². The van der Waals surface area contributed by atoms with E-state index < -0.39 is 10.8 Å². The molecule has 1 N–H and O–H groups in total. The molecule has 0 heterocycles. The van der Waals surface area contributed by atoms with Crippen LogP contribution in [-0.4, -0.2) is 36.0 Å². The topological polar surface area (TPSA) is 38.3 Å². The highest BCUT2D eigenvalue weighted by atomic mass is 32.2. The second-order valence-corrected chi connectivity index (χ2v) is 6.91. The van der Waals surface area contributed by atoms with E-state index in [1.54, 1.807) is 7.11 Å². The van der Waals surface area contributed by atoms with E-state index in [1.807, 2.05) is 7.05 Å². The monoisotopic (exact) mass is 297 g/mol. The fourth-order valence-electron chi connectivity index (χ4n) is 2.32. The lowest BCUT2D eigenvalue weighted by molar-refractivity contribution is 0.200. The molecule has 0 aromatic heterocycles. The zero-order valence-corrected chi connectivity index (χ0v) is 13.8. The van der Waals surface area contributed by atoms with Crippen LogP contribution in [0.25, 0.3) is 0 Å². The summed E-state index contributed by atoms with van der Waals surface area (Å²) in [5.41, 5.74) is 2.54. The van der Waals surface area contributed by atoms with E-state index in [0.717, 1.165) is 12.8 Å². The van der Waals surface area contributed by atoms with Gasteiger partial charge in [-0.25, -0.2) is 0 Å². The number of hydrogen-bond acceptors (Lipinski definition) is 3. The van der Waals surface area contributed by atoms with Crippen LogP contribution in [0.4, 0.5) is 0 Å². The van der Waals surface area contributed by atoms with Crippen LogP contribution in [0.15, 0.2) is 24.3 Å². The first kappa shape index (κ1) is 17.3. The summed E-state index contributed by atoms with van der Waals surface area (Å²) in [7, 11) is 2.76. The van der Waals surface area contributed by atoms with Crippen molar-refractivity contribution in [2.45, 2.75) is 38.0 Å². The summed E-state index contributed by atoms with van der Waals surface area (Å²) in [5.74, 6) is 0.695. The molecule has 0 amide bonds. The molecule has 0 aliphatic rings. The predicted octanol–water partition coefficient (Wildman–Crippen LogP) is 2.68. The van der Waals surface area contributed by atoms with Gasteiger partial charge in [0.05, 0.1) is 5.25 Å². The predicted molar refractivity (Wildman–Crippen MR) is 86.6 cm³/mol. The second-order valence-electron chi connectivity index (χ2n) is 5.00. The molecule has 1 aromatic carbocycles. The Labute approximate surface area is 125 Å². The molecule has 0 bridgehead atoms. The molecule has 1 rings (SSSR count). The molecule has 4 heteroatoms. The molecule has 114 valence electrons. The first-order valence-corrected chi connectivity index (χ1v) is 8.64. The van der Waals surface area contributed by atoms with Crippen molar-refractivity contribution in [3.63, 3.8) is 0 Å². The highest BCUT2D eigenvalue weighted by molar-refractivity contribution is 7.85. The molecule has 1 aromatic rings. The summed E-state index contributed by atoms with van der Waals surface area (Å²) in [6.45, 7) is 4.88. The fraction of sp³-hybridized carbons (Fsp3) is 0.625. The van der Waals surface area contributed by atoms with E-state index in [-0.39, 0.29) is 11.3 Å². The van der Waals surface area contributed by atoms with Crippen molar-refractivity contribution in [2.75, 3.05) is 26.5 Å². The van der Waals surface area contributed by atoms with Crippen molar-refractivity contribution < 1.29 is 8.95 Å². The maximum absolute atomic E-state index is 12.3. The number of ether oxygens (including phenoxy) is 1. The third-order valence-corrected chi connectivity index (χ3v) is 5.43. The van der Waals surface area contributed by atoms with Crippen LogP contribution in [0.3, 0.4) is 0 Å². The van der Waals surface area contributed by atoms with Gasteiger partial charge in [0.25, 0.3) is 0 Å². The largest absolute Gasteiger partial charge is 0.385 e. The number of hydrogen-bond donors (Lipinski definition) is 1. The normalized spacial score (nSPS) is 15.8. The van der Waals surface area contributed by atoms with Gasteiger partial charge in [0, 0.05) is 36.3 Å². The number of aryl methyl sites for hydroxylation is 1. The molecule has 3 atom stereocenters. The van der Waals surface area contributed by atoms with Crippen molar-refractivity contribution in [3.8, 4) is 0 Å². The molecular formula is C16H27NO2S. The van der Waals surface area contributed by atoms with Crippen LogP contribution in [0, 0.1) is 0 Å². The highest BCUT2D eigenvalue weighted by Gasteiger charge is 2.22. The lowest BCUT2D eigenvalue weighted by Crippen LogP contribution is -2.31. The number of benzene rings is 1. The third kappa shape index (κ3) is 5.00. The van der Waals surface area contributed by atoms with E-state index in [4.69, 9.17) is 4.74 Å². The summed E-state index contributed by atoms with van der Waals surface area (Å²) < 4.78 is 17.3. The molecule has 0 fully saturated rings. The van der Waals surface area contributed by atoms with Crippen LogP contribution in [-0.2, 0) is 22.0 Å². The first-order valence-electron chi connectivity index (χ1n) is 7.26. The van der Waals surface area contributed by atoms with Crippen molar-refractivity contribution in [1.82, 2.24) is 5.32 Å². The molecule has 3 unspecified atom stereocenters. The molecule has 0 aliphatic heterocycles. The SMILES string of the molecule is CCc1ccc(C(NC)C(C)S(=O)CCCOC)cc1. The second kappa shape index (κ2) is 9.27. The Hall–Kier alpha value is -0.710. The molecule has 0 saturated heterocycles. The standard InChI is InChI=1S/C16H27NO2S/c1-5-14-7-9-15(10-8-14)16(17-3)13(2)20(18)12-6-11-19-4/h7-10,13,16-17H,5-6,11-12H2,1-4H3. The molecule has 0 aliphatic carbocycles. The van der Waals surface area contributed by atoms with E-state index in [9.17, 15) is 4.21 Å². The van der Waals surface area contributed by atoms with E-state index in [1.165, 1.54) is 11.1 Å². The maximum Gasteiger partial charge on any atom is 0.0514 e. The zero-order valence-electron chi connectivity index (χ0n) is 13.0. The van der Waals surface area contributed by atoms with Crippen molar-refractivity contribution >= 4 is 10.8 Å². The number of nitrogens with one attached hydrogen (secondary N) is 1. The highest BCUT2D eigenvalue weighted by Crippen LogP contribution is 2.21. The Morgan fingerprint density at radius 2 is 1.95 bits per heavy atom. The fourth-order valence-corrected chi connectivity index (χ4v) is 3.69.